The van der Waals surface area contributed by atoms with Crippen LogP contribution in [-0.2, 0) is 6.18 Å². The Morgan fingerprint density at radius 2 is 1.90 bits per heavy atom. The summed E-state index contributed by atoms with van der Waals surface area (Å²) < 4.78 is 37.1. The molecular weight excluding hydrogens is 291 g/mol. The van der Waals surface area contributed by atoms with Crippen LogP contribution in [0.3, 0.4) is 0 Å². The molecule has 1 aromatic rings. The second-order valence-corrected chi connectivity index (χ2v) is 4.51. The van der Waals surface area contributed by atoms with Crippen molar-refractivity contribution in [3.05, 3.63) is 29.8 Å². The van der Waals surface area contributed by atoms with E-state index in [9.17, 15) is 18.0 Å². The van der Waals surface area contributed by atoms with E-state index < -0.39 is 23.8 Å². The largest absolute Gasteiger partial charge is 0.416 e. The summed E-state index contributed by atoms with van der Waals surface area (Å²) in [6, 6.07) is 3.08. The molecule has 20 heavy (non-hydrogen) atoms. The molecule has 4 N–H and O–H groups in total. The van der Waals surface area contributed by atoms with Crippen molar-refractivity contribution < 1.29 is 18.0 Å². The topological polar surface area (TPSA) is 67.2 Å². The lowest BCUT2D eigenvalue weighted by atomic mass is 10.2. The SMILES string of the molecule is CCC(NC(=O)Nc1ccc(C(F)(F)F)cc1)C(N)=S. The molecule has 0 spiro atoms. The minimum Gasteiger partial charge on any atom is -0.392 e. The highest BCUT2D eigenvalue weighted by Crippen LogP contribution is 2.29. The van der Waals surface area contributed by atoms with Gasteiger partial charge in [-0.15, -0.1) is 0 Å². The molecule has 1 unspecified atom stereocenters. The number of urea groups is 1. The van der Waals surface area contributed by atoms with Crippen molar-refractivity contribution in [3.8, 4) is 0 Å². The van der Waals surface area contributed by atoms with E-state index in [1.54, 1.807) is 6.92 Å². The van der Waals surface area contributed by atoms with Crippen molar-refractivity contribution in [3.63, 3.8) is 0 Å². The van der Waals surface area contributed by atoms with Crippen LogP contribution in [0.15, 0.2) is 24.3 Å². The van der Waals surface area contributed by atoms with Crippen LogP contribution in [0.2, 0.25) is 0 Å². The summed E-state index contributed by atoms with van der Waals surface area (Å²) in [5, 5.41) is 4.93. The molecule has 0 fully saturated rings. The number of amides is 2. The summed E-state index contributed by atoms with van der Waals surface area (Å²) in [5.41, 5.74) is 4.88. The molecule has 4 nitrogen and oxygen atoms in total. The minimum atomic E-state index is -4.40. The number of alkyl halides is 3. The van der Waals surface area contributed by atoms with Gasteiger partial charge in [-0.3, -0.25) is 0 Å². The number of thiocarbonyl (C=S) groups is 1. The van der Waals surface area contributed by atoms with Gasteiger partial charge < -0.3 is 16.4 Å². The van der Waals surface area contributed by atoms with Gasteiger partial charge in [-0.05, 0) is 30.7 Å². The highest BCUT2D eigenvalue weighted by atomic mass is 32.1. The molecule has 0 aliphatic rings. The quantitative estimate of drug-likeness (QED) is 0.749. The van der Waals surface area contributed by atoms with Gasteiger partial charge >= 0.3 is 12.2 Å². The molecule has 1 rings (SSSR count). The first-order valence-corrected chi connectivity index (χ1v) is 6.19. The van der Waals surface area contributed by atoms with Crippen LogP contribution in [0, 0.1) is 0 Å². The zero-order valence-electron chi connectivity index (χ0n) is 10.6. The van der Waals surface area contributed by atoms with Gasteiger partial charge in [0.1, 0.15) is 0 Å². The normalized spacial score (nSPS) is 12.6. The van der Waals surface area contributed by atoms with Gasteiger partial charge in [-0.25, -0.2) is 4.79 Å². The van der Waals surface area contributed by atoms with E-state index >= 15 is 0 Å². The van der Waals surface area contributed by atoms with E-state index in [0.717, 1.165) is 12.1 Å². The standard InChI is InChI=1S/C12H14F3N3OS/c1-2-9(10(16)20)18-11(19)17-8-5-3-7(4-6-8)12(13,14)15/h3-6,9H,2H2,1H3,(H2,16,20)(H2,17,18,19). The first-order chi connectivity index (χ1) is 9.24. The molecule has 0 saturated carbocycles. The number of rotatable bonds is 4. The van der Waals surface area contributed by atoms with Crippen molar-refractivity contribution >= 4 is 28.9 Å². The summed E-state index contributed by atoms with van der Waals surface area (Å²) in [4.78, 5) is 11.8. The van der Waals surface area contributed by atoms with Crippen molar-refractivity contribution in [2.75, 3.05) is 5.32 Å². The second-order valence-electron chi connectivity index (χ2n) is 4.04. The molecule has 0 saturated heterocycles. The predicted octanol–water partition coefficient (Wildman–Crippen LogP) is 2.89. The molecule has 1 aromatic carbocycles. The Bertz CT molecular complexity index is 488. The third-order valence-corrected chi connectivity index (χ3v) is 2.81. The van der Waals surface area contributed by atoms with E-state index in [4.69, 9.17) is 18.0 Å². The first-order valence-electron chi connectivity index (χ1n) is 5.78. The highest BCUT2D eigenvalue weighted by molar-refractivity contribution is 7.80. The summed E-state index contributed by atoms with van der Waals surface area (Å²) in [5.74, 6) is 0. The lowest BCUT2D eigenvalue weighted by Crippen LogP contribution is -2.44. The fourth-order valence-corrected chi connectivity index (χ4v) is 1.67. The number of benzene rings is 1. The van der Waals surface area contributed by atoms with Crippen LogP contribution in [-0.4, -0.2) is 17.1 Å². The maximum absolute atomic E-state index is 12.4. The maximum Gasteiger partial charge on any atom is 0.416 e. The van der Waals surface area contributed by atoms with Crippen LogP contribution in [0.1, 0.15) is 18.9 Å². The number of carbonyl (C=O) groups is 1. The fourth-order valence-electron chi connectivity index (χ4n) is 1.44. The average Bonchev–Trinajstić information content (AvgIpc) is 2.35. The Balaban J connectivity index is 2.65. The molecule has 110 valence electrons. The fraction of sp³-hybridized carbons (Fsp3) is 0.333. The van der Waals surface area contributed by atoms with E-state index in [0.29, 0.717) is 6.42 Å². The third-order valence-electron chi connectivity index (χ3n) is 2.53. The second kappa shape index (κ2) is 6.56. The summed E-state index contributed by atoms with van der Waals surface area (Å²) >= 11 is 4.77. The summed E-state index contributed by atoms with van der Waals surface area (Å²) in [6.45, 7) is 1.79. The lowest BCUT2D eigenvalue weighted by Gasteiger charge is -2.16. The van der Waals surface area contributed by atoms with Gasteiger partial charge in [0.15, 0.2) is 0 Å². The minimum absolute atomic E-state index is 0.148. The molecule has 0 aliphatic carbocycles. The molecule has 8 heteroatoms. The number of nitrogens with two attached hydrogens (primary N) is 1. The molecule has 2 amide bonds. The number of carbonyl (C=O) groups excluding carboxylic acids is 1. The van der Waals surface area contributed by atoms with E-state index in [1.807, 2.05) is 0 Å². The molecule has 1 atom stereocenters. The predicted molar refractivity (Wildman–Crippen MR) is 74.5 cm³/mol. The molecule has 0 bridgehead atoms. The summed E-state index contributed by atoms with van der Waals surface area (Å²) in [7, 11) is 0. The van der Waals surface area contributed by atoms with Gasteiger partial charge in [0.25, 0.3) is 0 Å². The Labute approximate surface area is 119 Å². The van der Waals surface area contributed by atoms with Crippen LogP contribution < -0.4 is 16.4 Å². The molecule has 0 aliphatic heterocycles. The first kappa shape index (κ1) is 16.2. The Hall–Kier alpha value is -1.83. The number of anilines is 1. The van der Waals surface area contributed by atoms with Gasteiger partial charge in [0, 0.05) is 5.69 Å². The van der Waals surface area contributed by atoms with E-state index in [-0.39, 0.29) is 10.7 Å². The zero-order chi connectivity index (χ0) is 15.3. The molecule has 0 heterocycles. The summed E-state index contributed by atoms with van der Waals surface area (Å²) in [6.07, 6.45) is -3.88. The Morgan fingerprint density at radius 1 is 1.35 bits per heavy atom. The molecule has 0 radical (unpaired) electrons. The highest BCUT2D eigenvalue weighted by Gasteiger charge is 2.30. The number of hydrogen-bond acceptors (Lipinski definition) is 2. The van der Waals surface area contributed by atoms with Gasteiger partial charge in [0.05, 0.1) is 16.6 Å². The molecular formula is C12H14F3N3OS. The van der Waals surface area contributed by atoms with Crippen molar-refractivity contribution in [1.82, 2.24) is 5.32 Å². The maximum atomic E-state index is 12.4. The monoisotopic (exact) mass is 305 g/mol. The van der Waals surface area contributed by atoms with Crippen LogP contribution >= 0.6 is 12.2 Å². The van der Waals surface area contributed by atoms with Gasteiger partial charge in [0.2, 0.25) is 0 Å². The average molecular weight is 305 g/mol. The van der Waals surface area contributed by atoms with Gasteiger partial charge in [-0.1, -0.05) is 19.1 Å². The zero-order valence-corrected chi connectivity index (χ0v) is 11.4. The van der Waals surface area contributed by atoms with Crippen molar-refractivity contribution in [1.29, 1.82) is 0 Å². The number of hydrogen-bond donors (Lipinski definition) is 3. The van der Waals surface area contributed by atoms with Crippen LogP contribution in [0.5, 0.6) is 0 Å². The lowest BCUT2D eigenvalue weighted by molar-refractivity contribution is -0.137. The van der Waals surface area contributed by atoms with E-state index in [1.165, 1.54) is 12.1 Å². The molecule has 0 aromatic heterocycles. The Kier molecular flexibility index (Phi) is 5.32. The van der Waals surface area contributed by atoms with Crippen LogP contribution in [0.25, 0.3) is 0 Å². The van der Waals surface area contributed by atoms with Crippen LogP contribution in [0.4, 0.5) is 23.7 Å². The van der Waals surface area contributed by atoms with Gasteiger partial charge in [-0.2, -0.15) is 13.2 Å². The number of nitrogens with one attached hydrogen (secondary N) is 2. The third kappa shape index (κ3) is 4.69. The van der Waals surface area contributed by atoms with E-state index in [2.05, 4.69) is 10.6 Å². The number of halogens is 3. The van der Waals surface area contributed by atoms with Crippen molar-refractivity contribution in [2.24, 2.45) is 5.73 Å². The van der Waals surface area contributed by atoms with Crippen molar-refractivity contribution in [2.45, 2.75) is 25.6 Å². The smallest absolute Gasteiger partial charge is 0.392 e. The Morgan fingerprint density at radius 3 is 2.30 bits per heavy atom.